The molecule has 0 aliphatic rings. The Balaban J connectivity index is 2.59. The molecule has 1 aromatic carbocycles. The lowest BCUT2D eigenvalue weighted by molar-refractivity contribution is -0.121. The summed E-state index contributed by atoms with van der Waals surface area (Å²) in [6.45, 7) is 5.39. The van der Waals surface area contributed by atoms with Gasteiger partial charge in [-0.25, -0.2) is 0 Å². The molecule has 6 heteroatoms. The number of likely N-dealkylation sites (N-methyl/N-ethyl adjacent to an activating group) is 2. The highest BCUT2D eigenvalue weighted by Crippen LogP contribution is 2.15. The maximum absolute atomic E-state index is 11.6. The minimum atomic E-state index is -0.0340. The second-order valence-electron chi connectivity index (χ2n) is 4.13. The number of amides is 1. The summed E-state index contributed by atoms with van der Waals surface area (Å²) in [6.07, 6.45) is 0. The minimum absolute atomic E-state index is 0.0340. The normalized spacial score (nSPS) is 9.75. The number of methoxy groups -OCH3 is 1. The first-order chi connectivity index (χ1) is 9.60. The van der Waals surface area contributed by atoms with Crippen molar-refractivity contribution < 1.29 is 9.53 Å². The fourth-order valence-electron chi connectivity index (χ4n) is 1.63. The van der Waals surface area contributed by atoms with Crippen molar-refractivity contribution in [1.82, 2.24) is 10.2 Å². The average Bonchev–Trinajstić information content (AvgIpc) is 2.45. The van der Waals surface area contributed by atoms with Gasteiger partial charge in [0.1, 0.15) is 5.75 Å². The second-order valence-corrected chi connectivity index (χ2v) is 4.51. The van der Waals surface area contributed by atoms with Crippen LogP contribution in [0.4, 0.5) is 5.69 Å². The fourth-order valence-corrected chi connectivity index (χ4v) is 1.94. The lowest BCUT2D eigenvalue weighted by Gasteiger charge is -2.23. The molecule has 0 saturated carbocycles. The number of benzene rings is 1. The van der Waals surface area contributed by atoms with Crippen LogP contribution in [0.25, 0.3) is 0 Å². The van der Waals surface area contributed by atoms with Crippen molar-refractivity contribution in [2.24, 2.45) is 0 Å². The zero-order valence-electron chi connectivity index (χ0n) is 12.1. The van der Waals surface area contributed by atoms with E-state index in [1.165, 1.54) is 0 Å². The zero-order valence-corrected chi connectivity index (χ0v) is 12.9. The van der Waals surface area contributed by atoms with E-state index in [0.717, 1.165) is 11.4 Å². The lowest BCUT2D eigenvalue weighted by atomic mass is 10.3. The van der Waals surface area contributed by atoms with Crippen LogP contribution in [-0.2, 0) is 4.79 Å². The van der Waals surface area contributed by atoms with E-state index in [0.29, 0.717) is 18.2 Å². The topological polar surface area (TPSA) is 53.6 Å². The molecule has 0 aliphatic carbocycles. The van der Waals surface area contributed by atoms with E-state index in [1.807, 2.05) is 43.0 Å². The molecule has 1 aromatic rings. The van der Waals surface area contributed by atoms with Gasteiger partial charge in [-0.15, -0.1) is 0 Å². The van der Waals surface area contributed by atoms with Crippen LogP contribution in [0.5, 0.6) is 5.75 Å². The Labute approximate surface area is 125 Å². The number of carbonyl (C=O) groups is 1. The molecule has 0 saturated heterocycles. The van der Waals surface area contributed by atoms with Gasteiger partial charge in [-0.05, 0) is 50.3 Å². The highest BCUT2D eigenvalue weighted by atomic mass is 32.1. The van der Waals surface area contributed by atoms with Gasteiger partial charge in [-0.1, -0.05) is 0 Å². The van der Waals surface area contributed by atoms with Crippen molar-refractivity contribution in [2.75, 3.05) is 32.1 Å². The molecular formula is C14H21N3O2S. The SMILES string of the molecule is CCNC(=O)CN(CC)C(=S)Nc1ccc(OC)cc1. The Morgan fingerprint density at radius 3 is 2.45 bits per heavy atom. The van der Waals surface area contributed by atoms with Crippen molar-refractivity contribution in [2.45, 2.75) is 13.8 Å². The Morgan fingerprint density at radius 2 is 1.95 bits per heavy atom. The van der Waals surface area contributed by atoms with Crippen molar-refractivity contribution >= 4 is 28.9 Å². The maximum atomic E-state index is 11.6. The molecule has 2 N–H and O–H groups in total. The first-order valence-electron chi connectivity index (χ1n) is 6.57. The molecule has 0 radical (unpaired) electrons. The first kappa shape index (κ1) is 16.2. The summed E-state index contributed by atoms with van der Waals surface area (Å²) in [7, 11) is 1.62. The Morgan fingerprint density at radius 1 is 1.30 bits per heavy atom. The second kappa shape index (κ2) is 8.37. The Hall–Kier alpha value is -1.82. The molecule has 1 amide bonds. The molecular weight excluding hydrogens is 274 g/mol. The number of rotatable bonds is 6. The quantitative estimate of drug-likeness (QED) is 0.785. The summed E-state index contributed by atoms with van der Waals surface area (Å²) in [5.74, 6) is 0.754. The third kappa shape index (κ3) is 5.05. The van der Waals surface area contributed by atoms with Gasteiger partial charge in [-0.2, -0.15) is 0 Å². The number of nitrogens with zero attached hydrogens (tertiary/aromatic N) is 1. The molecule has 0 atom stereocenters. The molecule has 0 fully saturated rings. The largest absolute Gasteiger partial charge is 0.497 e. The van der Waals surface area contributed by atoms with Crippen LogP contribution in [0.3, 0.4) is 0 Å². The summed E-state index contributed by atoms with van der Waals surface area (Å²) in [5, 5.41) is 6.40. The molecule has 0 bridgehead atoms. The van der Waals surface area contributed by atoms with Crippen molar-refractivity contribution in [3.8, 4) is 5.75 Å². The Bertz CT molecular complexity index is 448. The fraction of sp³-hybridized carbons (Fsp3) is 0.429. The summed E-state index contributed by atoms with van der Waals surface area (Å²) >= 11 is 5.32. The van der Waals surface area contributed by atoms with Gasteiger partial charge in [0, 0.05) is 18.8 Å². The van der Waals surface area contributed by atoms with E-state index in [2.05, 4.69) is 10.6 Å². The number of hydrogen-bond donors (Lipinski definition) is 2. The van der Waals surface area contributed by atoms with Crippen LogP contribution in [-0.4, -0.2) is 42.7 Å². The first-order valence-corrected chi connectivity index (χ1v) is 6.98. The predicted molar refractivity (Wildman–Crippen MR) is 85.1 cm³/mol. The van der Waals surface area contributed by atoms with Crippen LogP contribution in [0.1, 0.15) is 13.8 Å². The van der Waals surface area contributed by atoms with E-state index in [1.54, 1.807) is 7.11 Å². The minimum Gasteiger partial charge on any atom is -0.497 e. The average molecular weight is 295 g/mol. The molecule has 0 aliphatic heterocycles. The van der Waals surface area contributed by atoms with E-state index >= 15 is 0 Å². The molecule has 0 spiro atoms. The molecule has 0 heterocycles. The monoisotopic (exact) mass is 295 g/mol. The predicted octanol–water partition coefficient (Wildman–Crippen LogP) is 1.85. The van der Waals surface area contributed by atoms with Gasteiger partial charge in [0.2, 0.25) is 5.91 Å². The van der Waals surface area contributed by atoms with Gasteiger partial charge in [0.25, 0.3) is 0 Å². The molecule has 20 heavy (non-hydrogen) atoms. The van der Waals surface area contributed by atoms with Crippen molar-refractivity contribution in [3.05, 3.63) is 24.3 Å². The van der Waals surface area contributed by atoms with Gasteiger partial charge >= 0.3 is 0 Å². The number of carbonyl (C=O) groups excluding carboxylic acids is 1. The molecule has 5 nitrogen and oxygen atoms in total. The summed E-state index contributed by atoms with van der Waals surface area (Å²) in [4.78, 5) is 13.4. The highest BCUT2D eigenvalue weighted by molar-refractivity contribution is 7.80. The zero-order chi connectivity index (χ0) is 15.0. The van der Waals surface area contributed by atoms with Crippen LogP contribution < -0.4 is 15.4 Å². The summed E-state index contributed by atoms with van der Waals surface area (Å²) in [6, 6.07) is 7.46. The van der Waals surface area contributed by atoms with E-state index in [9.17, 15) is 4.79 Å². The third-order valence-corrected chi connectivity index (χ3v) is 3.08. The van der Waals surface area contributed by atoms with E-state index in [-0.39, 0.29) is 12.5 Å². The number of nitrogens with one attached hydrogen (secondary N) is 2. The summed E-state index contributed by atoms with van der Waals surface area (Å²) in [5.41, 5.74) is 0.866. The van der Waals surface area contributed by atoms with Crippen LogP contribution in [0.2, 0.25) is 0 Å². The number of hydrogen-bond acceptors (Lipinski definition) is 3. The smallest absolute Gasteiger partial charge is 0.239 e. The van der Waals surface area contributed by atoms with Crippen LogP contribution in [0.15, 0.2) is 24.3 Å². The highest BCUT2D eigenvalue weighted by Gasteiger charge is 2.11. The van der Waals surface area contributed by atoms with Crippen LogP contribution >= 0.6 is 12.2 Å². The molecule has 110 valence electrons. The van der Waals surface area contributed by atoms with Crippen LogP contribution in [0, 0.1) is 0 Å². The maximum Gasteiger partial charge on any atom is 0.239 e. The Kier molecular flexibility index (Phi) is 6.79. The number of anilines is 1. The van der Waals surface area contributed by atoms with Crippen molar-refractivity contribution in [1.29, 1.82) is 0 Å². The lowest BCUT2D eigenvalue weighted by Crippen LogP contribution is -2.42. The van der Waals surface area contributed by atoms with E-state index in [4.69, 9.17) is 17.0 Å². The third-order valence-electron chi connectivity index (χ3n) is 2.72. The number of thiocarbonyl (C=S) groups is 1. The van der Waals surface area contributed by atoms with E-state index < -0.39 is 0 Å². The van der Waals surface area contributed by atoms with Gasteiger partial charge in [0.05, 0.1) is 13.7 Å². The molecule has 0 aromatic heterocycles. The van der Waals surface area contributed by atoms with Gasteiger partial charge in [0.15, 0.2) is 5.11 Å². The van der Waals surface area contributed by atoms with Gasteiger partial charge < -0.3 is 20.3 Å². The molecule has 0 unspecified atom stereocenters. The van der Waals surface area contributed by atoms with Gasteiger partial charge in [-0.3, -0.25) is 4.79 Å². The standard InChI is InChI=1S/C14H21N3O2S/c1-4-15-13(18)10-17(5-2)14(20)16-11-6-8-12(19-3)9-7-11/h6-9H,4-5,10H2,1-3H3,(H,15,18)(H,16,20). The molecule has 1 rings (SSSR count). The number of ether oxygens (including phenoxy) is 1. The summed E-state index contributed by atoms with van der Waals surface area (Å²) < 4.78 is 5.10. The van der Waals surface area contributed by atoms with Crippen molar-refractivity contribution in [3.63, 3.8) is 0 Å².